The van der Waals surface area contributed by atoms with Crippen molar-refractivity contribution >= 4 is 16.7 Å². The largest absolute Gasteiger partial charge is 0.299 e. The van der Waals surface area contributed by atoms with Crippen LogP contribution in [0.15, 0.2) is 60.9 Å². The molecule has 0 fully saturated rings. The van der Waals surface area contributed by atoms with Crippen molar-refractivity contribution in [1.29, 1.82) is 0 Å². The molecule has 3 aromatic rings. The molecule has 3 nitrogen and oxygen atoms in total. The number of rotatable bonds is 4. The SMILES string of the molecule is O=C(Cc1ccncc1)Cc1ccc2ccccc2n1. The first-order valence-corrected chi connectivity index (χ1v) is 6.56. The van der Waals surface area contributed by atoms with Crippen molar-refractivity contribution < 1.29 is 4.79 Å². The maximum absolute atomic E-state index is 12.1. The lowest BCUT2D eigenvalue weighted by Crippen LogP contribution is -2.07. The third kappa shape index (κ3) is 2.88. The Hall–Kier alpha value is -2.55. The molecule has 0 bridgehead atoms. The maximum Gasteiger partial charge on any atom is 0.143 e. The van der Waals surface area contributed by atoms with Crippen LogP contribution in [-0.2, 0) is 17.6 Å². The summed E-state index contributed by atoms with van der Waals surface area (Å²) in [5.74, 6) is 0.166. The van der Waals surface area contributed by atoms with Crippen molar-refractivity contribution in [3.63, 3.8) is 0 Å². The van der Waals surface area contributed by atoms with Crippen molar-refractivity contribution in [3.8, 4) is 0 Å². The average molecular weight is 262 g/mol. The zero-order valence-corrected chi connectivity index (χ0v) is 11.0. The first-order valence-electron chi connectivity index (χ1n) is 6.56. The van der Waals surface area contributed by atoms with Gasteiger partial charge in [-0.25, -0.2) is 0 Å². The number of aromatic nitrogens is 2. The van der Waals surface area contributed by atoms with Crippen LogP contribution in [0.2, 0.25) is 0 Å². The van der Waals surface area contributed by atoms with E-state index in [9.17, 15) is 4.79 Å². The van der Waals surface area contributed by atoms with Gasteiger partial charge in [-0.2, -0.15) is 0 Å². The molecule has 0 atom stereocenters. The molecule has 2 heterocycles. The minimum Gasteiger partial charge on any atom is -0.299 e. The molecular formula is C17H14N2O. The van der Waals surface area contributed by atoms with Crippen LogP contribution in [0.3, 0.4) is 0 Å². The lowest BCUT2D eigenvalue weighted by Gasteiger charge is -2.03. The van der Waals surface area contributed by atoms with Gasteiger partial charge in [0.05, 0.1) is 5.52 Å². The molecule has 3 heteroatoms. The summed E-state index contributed by atoms with van der Waals surface area (Å²) in [6.07, 6.45) is 4.21. The second kappa shape index (κ2) is 5.61. The monoisotopic (exact) mass is 262 g/mol. The Kier molecular flexibility index (Phi) is 3.50. The average Bonchev–Trinajstić information content (AvgIpc) is 2.48. The van der Waals surface area contributed by atoms with Crippen LogP contribution >= 0.6 is 0 Å². The summed E-state index contributed by atoms with van der Waals surface area (Å²) in [7, 11) is 0. The molecule has 0 radical (unpaired) electrons. The summed E-state index contributed by atoms with van der Waals surface area (Å²) < 4.78 is 0. The molecule has 0 aliphatic rings. The molecule has 1 aromatic carbocycles. The molecule has 0 saturated heterocycles. The van der Waals surface area contributed by atoms with Crippen molar-refractivity contribution in [3.05, 3.63) is 72.2 Å². The highest BCUT2D eigenvalue weighted by Gasteiger charge is 2.07. The molecular weight excluding hydrogens is 248 g/mol. The van der Waals surface area contributed by atoms with E-state index in [0.29, 0.717) is 12.8 Å². The summed E-state index contributed by atoms with van der Waals surface area (Å²) >= 11 is 0. The lowest BCUT2D eigenvalue weighted by atomic mass is 10.1. The number of nitrogens with zero attached hydrogens (tertiary/aromatic N) is 2. The highest BCUT2D eigenvalue weighted by molar-refractivity contribution is 5.84. The first kappa shape index (κ1) is 12.5. The molecule has 3 rings (SSSR count). The molecule has 0 N–H and O–H groups in total. The first-order chi connectivity index (χ1) is 9.81. The fourth-order valence-corrected chi connectivity index (χ4v) is 2.20. The Morgan fingerprint density at radius 3 is 2.55 bits per heavy atom. The zero-order chi connectivity index (χ0) is 13.8. The summed E-state index contributed by atoms with van der Waals surface area (Å²) in [6.45, 7) is 0. The minimum atomic E-state index is 0.166. The van der Waals surface area contributed by atoms with Gasteiger partial charge in [0, 0.05) is 36.3 Å². The number of fused-ring (bicyclic) bond motifs is 1. The van der Waals surface area contributed by atoms with Crippen LogP contribution in [0.5, 0.6) is 0 Å². The summed E-state index contributed by atoms with van der Waals surface area (Å²) in [5.41, 5.74) is 2.75. The predicted octanol–water partition coefficient (Wildman–Crippen LogP) is 2.98. The minimum absolute atomic E-state index is 0.166. The van der Waals surface area contributed by atoms with Crippen LogP contribution in [0.4, 0.5) is 0 Å². The number of carbonyl (C=O) groups is 1. The number of para-hydroxylation sites is 1. The van der Waals surface area contributed by atoms with Crippen molar-refractivity contribution in [2.45, 2.75) is 12.8 Å². The highest BCUT2D eigenvalue weighted by Crippen LogP contribution is 2.12. The van der Waals surface area contributed by atoms with E-state index in [1.165, 1.54) is 0 Å². The van der Waals surface area contributed by atoms with Crippen molar-refractivity contribution in [2.24, 2.45) is 0 Å². The normalized spacial score (nSPS) is 10.6. The summed E-state index contributed by atoms with van der Waals surface area (Å²) in [6, 6.07) is 15.6. The number of ketones is 1. The number of pyridine rings is 2. The Labute approximate surface area is 117 Å². The fourth-order valence-electron chi connectivity index (χ4n) is 2.20. The quantitative estimate of drug-likeness (QED) is 0.726. The van der Waals surface area contributed by atoms with E-state index in [1.54, 1.807) is 12.4 Å². The molecule has 0 unspecified atom stereocenters. The topological polar surface area (TPSA) is 42.9 Å². The standard InChI is InChI=1S/C17H14N2O/c20-16(11-13-7-9-18-10-8-13)12-15-6-5-14-3-1-2-4-17(14)19-15/h1-10H,11-12H2. The molecule has 0 aliphatic carbocycles. The van der Waals surface area contributed by atoms with Crippen LogP contribution in [0.25, 0.3) is 10.9 Å². The fraction of sp³-hybridized carbons (Fsp3) is 0.118. The van der Waals surface area contributed by atoms with Gasteiger partial charge in [-0.05, 0) is 29.8 Å². The molecule has 2 aromatic heterocycles. The summed E-state index contributed by atoms with van der Waals surface area (Å²) in [5, 5.41) is 1.10. The smallest absolute Gasteiger partial charge is 0.143 e. The maximum atomic E-state index is 12.1. The van der Waals surface area contributed by atoms with E-state index >= 15 is 0 Å². The number of hydrogen-bond donors (Lipinski definition) is 0. The Morgan fingerprint density at radius 1 is 0.900 bits per heavy atom. The van der Waals surface area contributed by atoms with E-state index in [0.717, 1.165) is 22.2 Å². The van der Waals surface area contributed by atoms with Gasteiger partial charge in [0.2, 0.25) is 0 Å². The van der Waals surface area contributed by atoms with E-state index < -0.39 is 0 Å². The Balaban J connectivity index is 1.74. The highest BCUT2D eigenvalue weighted by atomic mass is 16.1. The number of hydrogen-bond acceptors (Lipinski definition) is 3. The third-order valence-electron chi connectivity index (χ3n) is 3.19. The predicted molar refractivity (Wildman–Crippen MR) is 78.4 cm³/mol. The van der Waals surface area contributed by atoms with E-state index in [4.69, 9.17) is 0 Å². The molecule has 0 spiro atoms. The van der Waals surface area contributed by atoms with Crippen LogP contribution in [0.1, 0.15) is 11.3 Å². The van der Waals surface area contributed by atoms with E-state index in [2.05, 4.69) is 9.97 Å². The van der Waals surface area contributed by atoms with Crippen molar-refractivity contribution in [1.82, 2.24) is 9.97 Å². The zero-order valence-electron chi connectivity index (χ0n) is 11.0. The van der Waals surface area contributed by atoms with Gasteiger partial charge in [-0.3, -0.25) is 14.8 Å². The molecule has 98 valence electrons. The van der Waals surface area contributed by atoms with Gasteiger partial charge < -0.3 is 0 Å². The second-order valence-corrected chi connectivity index (χ2v) is 4.74. The second-order valence-electron chi connectivity index (χ2n) is 4.74. The van der Waals surface area contributed by atoms with Gasteiger partial charge in [0.15, 0.2) is 0 Å². The number of Topliss-reactive ketones (excluding diaryl/α,β-unsaturated/α-hetero) is 1. The van der Waals surface area contributed by atoms with Crippen LogP contribution in [-0.4, -0.2) is 15.8 Å². The van der Waals surface area contributed by atoms with Gasteiger partial charge in [-0.15, -0.1) is 0 Å². The van der Waals surface area contributed by atoms with Gasteiger partial charge in [0.1, 0.15) is 5.78 Å². The van der Waals surface area contributed by atoms with Gasteiger partial charge >= 0.3 is 0 Å². The van der Waals surface area contributed by atoms with Crippen molar-refractivity contribution in [2.75, 3.05) is 0 Å². The Bertz CT molecular complexity index is 738. The van der Waals surface area contributed by atoms with E-state index in [1.807, 2.05) is 48.5 Å². The molecule has 0 saturated carbocycles. The molecule has 0 aliphatic heterocycles. The lowest BCUT2D eigenvalue weighted by molar-refractivity contribution is -0.117. The molecule has 20 heavy (non-hydrogen) atoms. The van der Waals surface area contributed by atoms with Gasteiger partial charge in [0.25, 0.3) is 0 Å². The third-order valence-corrected chi connectivity index (χ3v) is 3.19. The summed E-state index contributed by atoms with van der Waals surface area (Å²) in [4.78, 5) is 20.5. The van der Waals surface area contributed by atoms with E-state index in [-0.39, 0.29) is 5.78 Å². The van der Waals surface area contributed by atoms with Gasteiger partial charge in [-0.1, -0.05) is 24.3 Å². The Morgan fingerprint density at radius 2 is 1.70 bits per heavy atom. The number of carbonyl (C=O) groups excluding carboxylic acids is 1. The number of benzene rings is 1. The molecule has 0 amide bonds. The van der Waals surface area contributed by atoms with Crippen LogP contribution < -0.4 is 0 Å². The van der Waals surface area contributed by atoms with Crippen LogP contribution in [0, 0.1) is 0 Å².